The molecule has 12 nitrogen and oxygen atoms in total. The molecule has 12 heteroatoms. The number of nitrogens with zero attached hydrogens (tertiary/aromatic N) is 1. The van der Waals surface area contributed by atoms with E-state index >= 15 is 0 Å². The number of carbonyl (C=O) groups excluding carboxylic acids is 1. The summed E-state index contributed by atoms with van der Waals surface area (Å²) in [6, 6.07) is -0.126. The van der Waals surface area contributed by atoms with Gasteiger partial charge < -0.3 is 53.4 Å². The van der Waals surface area contributed by atoms with Crippen LogP contribution in [0.5, 0.6) is 0 Å². The molecule has 49 heavy (non-hydrogen) atoms. The number of cyclic esters (lactones) is 1. The van der Waals surface area contributed by atoms with E-state index in [0.717, 1.165) is 0 Å². The van der Waals surface area contributed by atoms with Gasteiger partial charge in [0.05, 0.1) is 31.0 Å². The Kier molecular flexibility index (Phi) is 16.8. The Morgan fingerprint density at radius 3 is 2.14 bits per heavy atom. The number of aliphatic hydroxyl groups is 3. The van der Waals surface area contributed by atoms with Crippen molar-refractivity contribution in [2.75, 3.05) is 34.9 Å². The van der Waals surface area contributed by atoms with Crippen LogP contribution < -0.4 is 0 Å². The second-order valence-corrected chi connectivity index (χ2v) is 14.3. The lowest BCUT2D eigenvalue weighted by Gasteiger charge is -2.43. The first-order valence-electron chi connectivity index (χ1n) is 17.8. The van der Waals surface area contributed by atoms with Crippen molar-refractivity contribution in [3.05, 3.63) is 36.5 Å². The Labute approximate surface area is 293 Å². The molecule has 2 saturated heterocycles. The van der Waals surface area contributed by atoms with Crippen LogP contribution in [-0.2, 0) is 38.0 Å². The fourth-order valence-corrected chi connectivity index (χ4v) is 7.15. The largest absolute Gasteiger partial charge is 0.459 e. The van der Waals surface area contributed by atoms with Crippen molar-refractivity contribution in [1.29, 1.82) is 0 Å². The molecule has 0 amide bonds. The van der Waals surface area contributed by atoms with E-state index in [4.69, 9.17) is 33.2 Å². The van der Waals surface area contributed by atoms with Gasteiger partial charge in [-0.1, -0.05) is 58.1 Å². The van der Waals surface area contributed by atoms with Gasteiger partial charge >= 0.3 is 5.97 Å². The molecule has 0 aromatic rings. The highest BCUT2D eigenvalue weighted by Crippen LogP contribution is 2.32. The molecule has 0 bridgehead atoms. The van der Waals surface area contributed by atoms with Crippen LogP contribution in [-0.4, -0.2) is 135 Å². The van der Waals surface area contributed by atoms with E-state index in [2.05, 4.69) is 6.92 Å². The number of hydrogen-bond acceptors (Lipinski definition) is 12. The van der Waals surface area contributed by atoms with E-state index in [0.29, 0.717) is 19.3 Å². The topological polar surface area (TPSA) is 146 Å². The summed E-state index contributed by atoms with van der Waals surface area (Å²) in [6.45, 7) is 11.8. The molecule has 16 atom stereocenters. The summed E-state index contributed by atoms with van der Waals surface area (Å²) < 4.78 is 41.9. The summed E-state index contributed by atoms with van der Waals surface area (Å²) >= 11 is 0. The van der Waals surface area contributed by atoms with Crippen molar-refractivity contribution >= 4 is 5.97 Å². The smallest absolute Gasteiger partial charge is 0.330 e. The zero-order chi connectivity index (χ0) is 36.4. The second-order valence-electron chi connectivity index (χ2n) is 14.3. The van der Waals surface area contributed by atoms with Gasteiger partial charge in [-0.25, -0.2) is 4.79 Å². The van der Waals surface area contributed by atoms with Crippen molar-refractivity contribution < 1.29 is 53.3 Å². The normalized spacial score (nSPS) is 45.1. The quantitative estimate of drug-likeness (QED) is 0.304. The van der Waals surface area contributed by atoms with Crippen LogP contribution in [0, 0.1) is 23.7 Å². The van der Waals surface area contributed by atoms with Gasteiger partial charge in [-0.3, -0.25) is 0 Å². The molecule has 3 aliphatic rings. The fraction of sp³-hybridized carbons (Fsp3) is 0.811. The standard InChI is InChI=1S/C37H63NO11/c1-11-29-26(20-45-37-35(44-10)34(43-9)31(41)25(6)47-37)14-12-13-15-28(39)22(3)18-23(4)33(21(2)16-17-30(40)48-29)49-36-32(42)27(38(7)8)19-24(5)46-36/h12-17,21-29,31-37,39,41-42H,11,18-20H2,1-10H3/b14-12-,15-13-,17-16-/t21-,22+,23-,24+,25-,26-,27-,28-,29-,31-,32-,33+,34-,35+,36+,37-/m1/s1. The first-order chi connectivity index (χ1) is 23.2. The third-order valence-corrected chi connectivity index (χ3v) is 10.2. The van der Waals surface area contributed by atoms with Gasteiger partial charge in [-0.15, -0.1) is 0 Å². The lowest BCUT2D eigenvalue weighted by atomic mass is 9.84. The first kappa shape index (κ1) is 41.7. The molecule has 0 radical (unpaired) electrons. The van der Waals surface area contributed by atoms with Crippen LogP contribution in [0.2, 0.25) is 0 Å². The number of rotatable bonds is 9. The molecule has 0 aromatic carbocycles. The van der Waals surface area contributed by atoms with Gasteiger partial charge in [0.15, 0.2) is 12.6 Å². The maximum atomic E-state index is 13.3. The summed E-state index contributed by atoms with van der Waals surface area (Å²) in [5, 5.41) is 32.8. The van der Waals surface area contributed by atoms with E-state index in [1.54, 1.807) is 25.2 Å². The summed E-state index contributed by atoms with van der Waals surface area (Å²) in [5.41, 5.74) is 0. The fourth-order valence-electron chi connectivity index (χ4n) is 7.15. The Morgan fingerprint density at radius 2 is 1.51 bits per heavy atom. The van der Waals surface area contributed by atoms with Crippen LogP contribution in [0.1, 0.15) is 60.8 Å². The van der Waals surface area contributed by atoms with Crippen LogP contribution in [0.3, 0.4) is 0 Å². The molecular weight excluding hydrogens is 634 g/mol. The van der Waals surface area contributed by atoms with Gasteiger partial charge in [0.1, 0.15) is 30.5 Å². The van der Waals surface area contributed by atoms with Crippen molar-refractivity contribution in [3.8, 4) is 0 Å². The minimum Gasteiger partial charge on any atom is -0.459 e. The van der Waals surface area contributed by atoms with Gasteiger partial charge in [0.25, 0.3) is 0 Å². The molecule has 0 spiro atoms. The van der Waals surface area contributed by atoms with Crippen LogP contribution >= 0.6 is 0 Å². The Bertz CT molecular complexity index is 1080. The number of hydrogen-bond donors (Lipinski definition) is 3. The average Bonchev–Trinajstić information content (AvgIpc) is 3.06. The highest BCUT2D eigenvalue weighted by Gasteiger charge is 2.45. The third-order valence-electron chi connectivity index (χ3n) is 10.2. The molecule has 282 valence electrons. The van der Waals surface area contributed by atoms with E-state index in [1.807, 2.05) is 58.8 Å². The minimum atomic E-state index is -0.887. The number of methoxy groups -OCH3 is 2. The van der Waals surface area contributed by atoms with E-state index < -0.39 is 67.4 Å². The number of ether oxygens (including phenoxy) is 7. The van der Waals surface area contributed by atoms with E-state index in [1.165, 1.54) is 20.3 Å². The molecule has 0 aromatic heterocycles. The lowest BCUT2D eigenvalue weighted by molar-refractivity contribution is -0.304. The van der Waals surface area contributed by atoms with Gasteiger partial charge in [-0.05, 0) is 59.0 Å². The van der Waals surface area contributed by atoms with Gasteiger partial charge in [0.2, 0.25) is 0 Å². The molecule has 0 unspecified atom stereocenters. The highest BCUT2D eigenvalue weighted by atomic mass is 16.7. The highest BCUT2D eigenvalue weighted by molar-refractivity contribution is 5.82. The minimum absolute atomic E-state index is 0.0487. The maximum Gasteiger partial charge on any atom is 0.330 e. The summed E-state index contributed by atoms with van der Waals surface area (Å²) in [4.78, 5) is 15.3. The monoisotopic (exact) mass is 697 g/mol. The van der Waals surface area contributed by atoms with Crippen LogP contribution in [0.15, 0.2) is 36.5 Å². The molecule has 2 fully saturated rings. The molecule has 3 heterocycles. The van der Waals surface area contributed by atoms with Crippen LogP contribution in [0.25, 0.3) is 0 Å². The maximum absolute atomic E-state index is 13.3. The SMILES string of the molecule is CC[C@H]1OC(=O)/C=C\[C@@H](C)[C@H](O[C@@H]2O[C@@H](C)C[C@@H](N(C)C)[C@H]2O)[C@H](C)C[C@H](C)[C@H](O)/C=C\C=C/[C@@H]1CO[C@@H]1O[C@H](C)[C@@H](O)[C@@H](OC)[C@@H]1OC. The summed E-state index contributed by atoms with van der Waals surface area (Å²) in [5.74, 6) is -1.27. The van der Waals surface area contributed by atoms with Crippen LogP contribution in [0.4, 0.5) is 0 Å². The average molecular weight is 698 g/mol. The number of carbonyl (C=O) groups is 1. The zero-order valence-corrected chi connectivity index (χ0v) is 31.1. The Morgan fingerprint density at radius 1 is 0.837 bits per heavy atom. The molecule has 3 rings (SSSR count). The van der Waals surface area contributed by atoms with Crippen molar-refractivity contribution in [2.24, 2.45) is 23.7 Å². The zero-order valence-electron chi connectivity index (χ0n) is 31.1. The third kappa shape index (κ3) is 11.4. The predicted molar refractivity (Wildman–Crippen MR) is 184 cm³/mol. The van der Waals surface area contributed by atoms with Gasteiger partial charge in [-0.2, -0.15) is 0 Å². The number of esters is 1. The molecule has 3 aliphatic heterocycles. The van der Waals surface area contributed by atoms with Crippen molar-refractivity contribution in [3.63, 3.8) is 0 Å². The van der Waals surface area contributed by atoms with Crippen molar-refractivity contribution in [1.82, 2.24) is 4.90 Å². The van der Waals surface area contributed by atoms with E-state index in [9.17, 15) is 20.1 Å². The summed E-state index contributed by atoms with van der Waals surface area (Å²) in [6.07, 6.45) is 5.23. The Balaban J connectivity index is 1.85. The molecule has 0 aliphatic carbocycles. The number of allylic oxidation sites excluding steroid dienone is 2. The number of likely N-dealkylation sites (N-methyl/N-ethyl adjacent to an activating group) is 1. The van der Waals surface area contributed by atoms with Gasteiger partial charge in [0, 0.05) is 38.2 Å². The second kappa shape index (κ2) is 19.8. The predicted octanol–water partition coefficient (Wildman–Crippen LogP) is 3.23. The summed E-state index contributed by atoms with van der Waals surface area (Å²) in [7, 11) is 6.88. The van der Waals surface area contributed by atoms with E-state index in [-0.39, 0.29) is 42.4 Å². The first-order valence-corrected chi connectivity index (χ1v) is 17.8. The molecular formula is C37H63NO11. The van der Waals surface area contributed by atoms with Crippen molar-refractivity contribution in [2.45, 2.75) is 134 Å². The lowest BCUT2D eigenvalue weighted by Crippen LogP contribution is -2.59. The number of aliphatic hydroxyl groups excluding tert-OH is 3. The molecule has 3 N–H and O–H groups in total. The molecule has 0 saturated carbocycles. The Hall–Kier alpha value is -1.71.